The van der Waals surface area contributed by atoms with Crippen molar-refractivity contribution < 1.29 is 23.5 Å². The minimum Gasteiger partial charge on any atom is -0.469 e. The molecule has 30 heavy (non-hydrogen) atoms. The van der Waals surface area contributed by atoms with Crippen molar-refractivity contribution in [2.24, 2.45) is 16.8 Å². The van der Waals surface area contributed by atoms with Gasteiger partial charge in [0.2, 0.25) is 0 Å². The number of halogens is 1. The second-order valence-electron chi connectivity index (χ2n) is 7.34. The highest BCUT2D eigenvalue weighted by Gasteiger charge is 2.46. The molecular formula is C24H24FNO4. The van der Waals surface area contributed by atoms with Gasteiger partial charge in [0.25, 0.3) is 0 Å². The molecule has 0 amide bonds. The van der Waals surface area contributed by atoms with Crippen LogP contribution in [0, 0.1) is 24.6 Å². The van der Waals surface area contributed by atoms with Gasteiger partial charge in [-0.1, -0.05) is 35.4 Å². The van der Waals surface area contributed by atoms with Gasteiger partial charge in [-0.25, -0.2) is 4.39 Å². The Morgan fingerprint density at radius 3 is 2.00 bits per heavy atom. The average Bonchev–Trinajstić information content (AvgIpc) is 2.74. The van der Waals surface area contributed by atoms with Crippen LogP contribution in [0.1, 0.15) is 24.0 Å². The van der Waals surface area contributed by atoms with Crippen LogP contribution in [-0.2, 0) is 19.1 Å². The number of hydrogen-bond acceptors (Lipinski definition) is 5. The van der Waals surface area contributed by atoms with Gasteiger partial charge >= 0.3 is 11.9 Å². The predicted molar refractivity (Wildman–Crippen MR) is 112 cm³/mol. The maximum Gasteiger partial charge on any atom is 0.315 e. The van der Waals surface area contributed by atoms with E-state index >= 15 is 0 Å². The van der Waals surface area contributed by atoms with Gasteiger partial charge in [0.1, 0.15) is 11.7 Å². The summed E-state index contributed by atoms with van der Waals surface area (Å²) in [4.78, 5) is 30.2. The first kappa shape index (κ1) is 21.4. The number of allylic oxidation sites excluding steroid dienone is 1. The Balaban J connectivity index is 2.21. The van der Waals surface area contributed by atoms with Gasteiger partial charge in [-0.3, -0.25) is 14.6 Å². The van der Waals surface area contributed by atoms with E-state index in [4.69, 9.17) is 9.47 Å². The molecule has 0 aliphatic heterocycles. The minimum absolute atomic E-state index is 0.403. The Kier molecular flexibility index (Phi) is 6.45. The summed E-state index contributed by atoms with van der Waals surface area (Å²) < 4.78 is 23.6. The molecule has 0 radical (unpaired) electrons. The van der Waals surface area contributed by atoms with Crippen LogP contribution in [0.5, 0.6) is 0 Å². The Hall–Kier alpha value is -3.28. The molecule has 156 valence electrons. The first-order valence-electron chi connectivity index (χ1n) is 9.60. The van der Waals surface area contributed by atoms with E-state index in [1.165, 1.54) is 26.4 Å². The number of carbonyl (C=O) groups excluding carboxylic acids is 2. The molecule has 0 fully saturated rings. The largest absolute Gasteiger partial charge is 0.469 e. The van der Waals surface area contributed by atoms with Gasteiger partial charge < -0.3 is 9.47 Å². The fourth-order valence-corrected chi connectivity index (χ4v) is 3.87. The molecule has 1 aliphatic carbocycles. The zero-order valence-corrected chi connectivity index (χ0v) is 17.4. The lowest BCUT2D eigenvalue weighted by molar-refractivity contribution is -0.148. The topological polar surface area (TPSA) is 65.0 Å². The Morgan fingerprint density at radius 1 is 0.867 bits per heavy atom. The normalized spacial score (nSPS) is 22.4. The third-order valence-electron chi connectivity index (χ3n) is 5.36. The molecule has 0 heterocycles. The summed E-state index contributed by atoms with van der Waals surface area (Å²) in [5, 5.41) is 0. The Morgan fingerprint density at radius 2 is 1.43 bits per heavy atom. The number of ether oxygens (including phenoxy) is 2. The molecule has 5 nitrogen and oxygen atoms in total. The molecule has 0 bridgehead atoms. The smallest absolute Gasteiger partial charge is 0.315 e. The number of methoxy groups -OCH3 is 2. The molecule has 3 rings (SSSR count). The summed E-state index contributed by atoms with van der Waals surface area (Å²) >= 11 is 0. The summed E-state index contributed by atoms with van der Waals surface area (Å²) in [5.41, 5.74) is 3.60. The molecule has 1 aliphatic rings. The first-order valence-corrected chi connectivity index (χ1v) is 9.60. The standard InChI is InChI=1S/C24H24FNO4/c1-14-5-11-18(12-6-14)26-19-13-15(2)20(23(27)29-3)21(22(19)24(28)30-4)16-7-9-17(25)10-8-16/h5-13,20-22H,1-4H3. The lowest BCUT2D eigenvalue weighted by Gasteiger charge is -2.35. The third-order valence-corrected chi connectivity index (χ3v) is 5.36. The number of carbonyl (C=O) groups is 2. The Bertz CT molecular complexity index is 993. The second kappa shape index (κ2) is 9.03. The SMILES string of the molecule is COC(=O)C1C(C)=CC(=Nc2ccc(C)cc2)C(C(=O)OC)C1c1ccc(F)cc1. The molecule has 2 aromatic carbocycles. The molecule has 0 saturated heterocycles. The Labute approximate surface area is 175 Å². The maximum absolute atomic E-state index is 13.6. The van der Waals surface area contributed by atoms with Crippen molar-refractivity contribution in [3.63, 3.8) is 0 Å². The highest BCUT2D eigenvalue weighted by atomic mass is 19.1. The van der Waals surface area contributed by atoms with E-state index in [0.29, 0.717) is 22.5 Å². The van der Waals surface area contributed by atoms with E-state index in [1.54, 1.807) is 25.1 Å². The van der Waals surface area contributed by atoms with E-state index in [1.807, 2.05) is 31.2 Å². The van der Waals surface area contributed by atoms with E-state index in [-0.39, 0.29) is 0 Å². The number of benzene rings is 2. The van der Waals surface area contributed by atoms with Crippen molar-refractivity contribution in [3.8, 4) is 0 Å². The van der Waals surface area contributed by atoms with E-state index < -0.39 is 35.5 Å². The highest BCUT2D eigenvalue weighted by Crippen LogP contribution is 2.43. The van der Waals surface area contributed by atoms with E-state index in [2.05, 4.69) is 4.99 Å². The predicted octanol–water partition coefficient (Wildman–Crippen LogP) is 4.53. The number of hydrogen-bond donors (Lipinski definition) is 0. The number of nitrogens with zero attached hydrogens (tertiary/aromatic N) is 1. The quantitative estimate of drug-likeness (QED) is 0.696. The van der Waals surface area contributed by atoms with Crippen LogP contribution in [0.25, 0.3) is 0 Å². The van der Waals surface area contributed by atoms with Crippen LogP contribution >= 0.6 is 0 Å². The van der Waals surface area contributed by atoms with Crippen molar-refractivity contribution in [3.05, 3.63) is 77.1 Å². The van der Waals surface area contributed by atoms with Crippen molar-refractivity contribution in [2.45, 2.75) is 19.8 Å². The lowest BCUT2D eigenvalue weighted by Crippen LogP contribution is -2.41. The fourth-order valence-electron chi connectivity index (χ4n) is 3.87. The molecular weight excluding hydrogens is 385 g/mol. The average molecular weight is 409 g/mol. The lowest BCUT2D eigenvalue weighted by atomic mass is 9.68. The summed E-state index contributed by atoms with van der Waals surface area (Å²) in [7, 11) is 2.60. The molecule has 0 saturated carbocycles. The van der Waals surface area contributed by atoms with E-state index in [0.717, 1.165) is 5.56 Å². The zero-order valence-electron chi connectivity index (χ0n) is 17.4. The van der Waals surface area contributed by atoms with Crippen LogP contribution < -0.4 is 0 Å². The van der Waals surface area contributed by atoms with Crippen LogP contribution in [0.2, 0.25) is 0 Å². The van der Waals surface area contributed by atoms with Crippen molar-refractivity contribution in [1.29, 1.82) is 0 Å². The van der Waals surface area contributed by atoms with Crippen LogP contribution in [-0.4, -0.2) is 31.9 Å². The van der Waals surface area contributed by atoms with Crippen LogP contribution in [0.15, 0.2) is 65.2 Å². The maximum atomic E-state index is 13.6. The molecule has 3 unspecified atom stereocenters. The molecule has 3 atom stereocenters. The number of aliphatic imine (C=N–C) groups is 1. The third kappa shape index (κ3) is 4.32. The van der Waals surface area contributed by atoms with Gasteiger partial charge in [0.05, 0.1) is 31.5 Å². The molecule has 0 spiro atoms. The van der Waals surface area contributed by atoms with Gasteiger partial charge in [0, 0.05) is 5.92 Å². The second-order valence-corrected chi connectivity index (χ2v) is 7.34. The fraction of sp³-hybridized carbons (Fsp3) is 0.292. The summed E-state index contributed by atoms with van der Waals surface area (Å²) in [6.45, 7) is 3.78. The minimum atomic E-state index is -0.852. The van der Waals surface area contributed by atoms with Gasteiger partial charge in [0.15, 0.2) is 0 Å². The van der Waals surface area contributed by atoms with Crippen LogP contribution in [0.4, 0.5) is 10.1 Å². The van der Waals surface area contributed by atoms with Gasteiger partial charge in [-0.05, 0) is 49.8 Å². The van der Waals surface area contributed by atoms with Crippen molar-refractivity contribution in [2.75, 3.05) is 14.2 Å². The van der Waals surface area contributed by atoms with Crippen molar-refractivity contribution >= 4 is 23.3 Å². The molecule has 0 aromatic heterocycles. The zero-order chi connectivity index (χ0) is 21.8. The number of aryl methyl sites for hydroxylation is 1. The first-order chi connectivity index (χ1) is 14.3. The number of esters is 2. The van der Waals surface area contributed by atoms with Crippen LogP contribution in [0.3, 0.4) is 0 Å². The van der Waals surface area contributed by atoms with Gasteiger partial charge in [-0.2, -0.15) is 0 Å². The highest BCUT2D eigenvalue weighted by molar-refractivity contribution is 6.12. The summed E-state index contributed by atoms with van der Waals surface area (Å²) in [6.07, 6.45) is 1.74. The molecule has 0 N–H and O–H groups in total. The summed E-state index contributed by atoms with van der Waals surface area (Å²) in [5.74, 6) is -3.61. The van der Waals surface area contributed by atoms with Crippen molar-refractivity contribution in [1.82, 2.24) is 0 Å². The molecule has 2 aromatic rings. The molecule has 6 heteroatoms. The number of rotatable bonds is 4. The van der Waals surface area contributed by atoms with E-state index in [9.17, 15) is 14.0 Å². The monoisotopic (exact) mass is 409 g/mol. The summed E-state index contributed by atoms with van der Waals surface area (Å²) in [6, 6.07) is 13.4. The van der Waals surface area contributed by atoms with Gasteiger partial charge in [-0.15, -0.1) is 0 Å².